The number of aromatic amines is 1. The van der Waals surface area contributed by atoms with Crippen LogP contribution in [0, 0.1) is 11.3 Å². The monoisotopic (exact) mass is 444 g/mol. The SMILES string of the molecule is CNS(=O)(=O)c1ccccc1-c1ccc(NC(=O)Cc2c[nH]c3ccc(C#N)cc23)cc1. The first-order valence-corrected chi connectivity index (χ1v) is 11.3. The summed E-state index contributed by atoms with van der Waals surface area (Å²) < 4.78 is 26.9. The molecular formula is C24H20N4O3S. The lowest BCUT2D eigenvalue weighted by Crippen LogP contribution is -2.19. The Balaban J connectivity index is 1.52. The van der Waals surface area contributed by atoms with Crippen LogP contribution in [-0.2, 0) is 21.2 Å². The summed E-state index contributed by atoms with van der Waals surface area (Å²) in [7, 11) is -2.23. The number of hydrogen-bond acceptors (Lipinski definition) is 4. The Morgan fingerprint density at radius 1 is 1.06 bits per heavy atom. The topological polar surface area (TPSA) is 115 Å². The molecule has 1 heterocycles. The minimum atomic E-state index is -3.60. The zero-order valence-corrected chi connectivity index (χ0v) is 18.0. The Morgan fingerprint density at radius 3 is 2.53 bits per heavy atom. The Morgan fingerprint density at radius 2 is 1.81 bits per heavy atom. The number of rotatable bonds is 6. The third kappa shape index (κ3) is 4.25. The summed E-state index contributed by atoms with van der Waals surface area (Å²) in [6.07, 6.45) is 1.92. The average molecular weight is 445 g/mol. The smallest absolute Gasteiger partial charge is 0.240 e. The van der Waals surface area contributed by atoms with Gasteiger partial charge in [0.25, 0.3) is 0 Å². The molecule has 0 aliphatic heterocycles. The van der Waals surface area contributed by atoms with E-state index < -0.39 is 10.0 Å². The highest BCUT2D eigenvalue weighted by Crippen LogP contribution is 2.28. The molecule has 8 heteroatoms. The second kappa shape index (κ2) is 8.67. The van der Waals surface area contributed by atoms with Crippen molar-refractivity contribution in [1.82, 2.24) is 9.71 Å². The lowest BCUT2D eigenvalue weighted by Gasteiger charge is -2.11. The molecule has 0 atom stereocenters. The van der Waals surface area contributed by atoms with Crippen LogP contribution in [0.25, 0.3) is 22.0 Å². The van der Waals surface area contributed by atoms with Crippen molar-refractivity contribution < 1.29 is 13.2 Å². The van der Waals surface area contributed by atoms with Crippen LogP contribution in [0.1, 0.15) is 11.1 Å². The summed E-state index contributed by atoms with van der Waals surface area (Å²) in [5, 5.41) is 12.8. The molecule has 1 amide bonds. The Hall–Kier alpha value is -3.93. The maximum Gasteiger partial charge on any atom is 0.240 e. The number of carbonyl (C=O) groups is 1. The zero-order valence-electron chi connectivity index (χ0n) is 17.2. The fourth-order valence-electron chi connectivity index (χ4n) is 3.55. The molecule has 0 radical (unpaired) electrons. The van der Waals surface area contributed by atoms with E-state index in [4.69, 9.17) is 5.26 Å². The zero-order chi connectivity index (χ0) is 22.7. The fraction of sp³-hybridized carbons (Fsp3) is 0.0833. The molecule has 0 fully saturated rings. The van der Waals surface area contributed by atoms with E-state index in [0.29, 0.717) is 16.8 Å². The molecular weight excluding hydrogens is 424 g/mol. The van der Waals surface area contributed by atoms with Gasteiger partial charge in [0.15, 0.2) is 0 Å². The van der Waals surface area contributed by atoms with E-state index in [2.05, 4.69) is 21.1 Å². The largest absolute Gasteiger partial charge is 0.361 e. The standard InChI is InChI=1S/C24H20N4O3S/c1-26-32(30,31)23-5-3-2-4-20(23)17-7-9-19(10-8-17)28-24(29)13-18-15-27-22-11-6-16(14-25)12-21(18)22/h2-12,15,26-27H,13H2,1H3,(H,28,29). The first-order chi connectivity index (χ1) is 15.4. The molecule has 0 bridgehead atoms. The summed E-state index contributed by atoms with van der Waals surface area (Å²) in [5.74, 6) is -0.195. The van der Waals surface area contributed by atoms with Gasteiger partial charge in [-0.1, -0.05) is 30.3 Å². The predicted octanol–water partition coefficient (Wildman–Crippen LogP) is 3.80. The van der Waals surface area contributed by atoms with Crippen molar-refractivity contribution in [2.45, 2.75) is 11.3 Å². The molecule has 0 saturated carbocycles. The number of H-pyrrole nitrogens is 1. The van der Waals surface area contributed by atoms with E-state index >= 15 is 0 Å². The molecule has 1 aromatic heterocycles. The molecule has 0 aliphatic carbocycles. The van der Waals surface area contributed by atoms with E-state index in [1.165, 1.54) is 7.05 Å². The number of fused-ring (bicyclic) bond motifs is 1. The average Bonchev–Trinajstić information content (AvgIpc) is 3.21. The molecule has 32 heavy (non-hydrogen) atoms. The van der Waals surface area contributed by atoms with Crippen molar-refractivity contribution in [1.29, 1.82) is 5.26 Å². The third-order valence-electron chi connectivity index (χ3n) is 5.17. The number of benzene rings is 3. The summed E-state index contributed by atoms with van der Waals surface area (Å²) in [6, 6.07) is 21.2. The second-order valence-electron chi connectivity index (χ2n) is 7.19. The molecule has 3 N–H and O–H groups in total. The highest BCUT2D eigenvalue weighted by molar-refractivity contribution is 7.89. The molecule has 4 aromatic rings. The van der Waals surface area contributed by atoms with Crippen LogP contribution >= 0.6 is 0 Å². The van der Waals surface area contributed by atoms with Crippen LogP contribution < -0.4 is 10.0 Å². The van der Waals surface area contributed by atoms with Gasteiger partial charge in [0.1, 0.15) is 0 Å². The van der Waals surface area contributed by atoms with Crippen molar-refractivity contribution in [3.8, 4) is 17.2 Å². The molecule has 3 aromatic carbocycles. The van der Waals surface area contributed by atoms with E-state index in [0.717, 1.165) is 22.0 Å². The lowest BCUT2D eigenvalue weighted by atomic mass is 10.1. The quantitative estimate of drug-likeness (QED) is 0.420. The number of amides is 1. The van der Waals surface area contributed by atoms with Gasteiger partial charge in [-0.05, 0) is 54.6 Å². The van der Waals surface area contributed by atoms with Gasteiger partial charge in [-0.2, -0.15) is 5.26 Å². The second-order valence-corrected chi connectivity index (χ2v) is 9.05. The van der Waals surface area contributed by atoms with E-state index in [1.54, 1.807) is 66.9 Å². The van der Waals surface area contributed by atoms with Crippen molar-refractivity contribution in [2.24, 2.45) is 0 Å². The highest BCUT2D eigenvalue weighted by atomic mass is 32.2. The number of nitriles is 1. The molecule has 0 unspecified atom stereocenters. The van der Waals surface area contributed by atoms with E-state index in [9.17, 15) is 13.2 Å². The number of aromatic nitrogens is 1. The first-order valence-electron chi connectivity index (χ1n) is 9.84. The van der Waals surface area contributed by atoms with Crippen molar-refractivity contribution in [3.63, 3.8) is 0 Å². The Bertz CT molecular complexity index is 1450. The molecule has 160 valence electrons. The van der Waals surface area contributed by atoms with Gasteiger partial charge in [0.2, 0.25) is 15.9 Å². The fourth-order valence-corrected chi connectivity index (χ4v) is 4.51. The molecule has 0 saturated heterocycles. The summed E-state index contributed by atoms with van der Waals surface area (Å²) in [4.78, 5) is 15.9. The summed E-state index contributed by atoms with van der Waals surface area (Å²) >= 11 is 0. The van der Waals surface area contributed by atoms with Gasteiger partial charge < -0.3 is 10.3 Å². The van der Waals surface area contributed by atoms with Crippen LogP contribution in [0.2, 0.25) is 0 Å². The maximum atomic E-state index is 12.6. The predicted molar refractivity (Wildman–Crippen MR) is 123 cm³/mol. The van der Waals surface area contributed by atoms with Gasteiger partial charge in [0, 0.05) is 28.4 Å². The van der Waals surface area contributed by atoms with Crippen LogP contribution in [-0.4, -0.2) is 26.4 Å². The Kier molecular flexibility index (Phi) is 5.77. The minimum Gasteiger partial charge on any atom is -0.361 e. The van der Waals surface area contributed by atoms with Gasteiger partial charge in [-0.15, -0.1) is 0 Å². The highest BCUT2D eigenvalue weighted by Gasteiger charge is 2.17. The van der Waals surface area contributed by atoms with Gasteiger partial charge >= 0.3 is 0 Å². The molecule has 0 spiro atoms. The van der Waals surface area contributed by atoms with E-state index in [1.807, 2.05) is 6.07 Å². The maximum absolute atomic E-state index is 12.6. The summed E-state index contributed by atoms with van der Waals surface area (Å²) in [6.45, 7) is 0. The number of nitrogens with zero attached hydrogens (tertiary/aromatic N) is 1. The van der Waals surface area contributed by atoms with Crippen molar-refractivity contribution in [3.05, 3.63) is 84.1 Å². The minimum absolute atomic E-state index is 0.153. The number of nitrogens with one attached hydrogen (secondary N) is 3. The molecule has 0 aliphatic rings. The lowest BCUT2D eigenvalue weighted by molar-refractivity contribution is -0.115. The van der Waals surface area contributed by atoms with Crippen LogP contribution in [0.15, 0.2) is 77.8 Å². The van der Waals surface area contributed by atoms with Crippen LogP contribution in [0.4, 0.5) is 5.69 Å². The van der Waals surface area contributed by atoms with Crippen molar-refractivity contribution in [2.75, 3.05) is 12.4 Å². The normalized spacial score (nSPS) is 11.2. The van der Waals surface area contributed by atoms with Gasteiger partial charge in [-0.3, -0.25) is 4.79 Å². The molecule has 4 rings (SSSR count). The van der Waals surface area contributed by atoms with Crippen LogP contribution in [0.3, 0.4) is 0 Å². The number of anilines is 1. The summed E-state index contributed by atoms with van der Waals surface area (Å²) in [5.41, 5.74) is 4.11. The van der Waals surface area contributed by atoms with Gasteiger partial charge in [-0.25, -0.2) is 13.1 Å². The first kappa shape index (κ1) is 21.3. The third-order valence-corrected chi connectivity index (χ3v) is 6.64. The van der Waals surface area contributed by atoms with Gasteiger partial charge in [0.05, 0.1) is 22.9 Å². The number of hydrogen-bond donors (Lipinski definition) is 3. The van der Waals surface area contributed by atoms with E-state index in [-0.39, 0.29) is 17.2 Å². The number of sulfonamides is 1. The van der Waals surface area contributed by atoms with Crippen LogP contribution in [0.5, 0.6) is 0 Å². The number of carbonyl (C=O) groups excluding carboxylic acids is 1. The molecule has 7 nitrogen and oxygen atoms in total. The van der Waals surface area contributed by atoms with Crippen molar-refractivity contribution >= 4 is 32.5 Å². The Labute approximate surface area is 185 Å².